The van der Waals surface area contributed by atoms with Crippen LogP contribution in [0.4, 0.5) is 0 Å². The average molecular weight is 180 g/mol. The van der Waals surface area contributed by atoms with Gasteiger partial charge in [0, 0.05) is 6.04 Å². The summed E-state index contributed by atoms with van der Waals surface area (Å²) in [6, 6.07) is 0.655. The number of hydrogen-bond donors (Lipinski definition) is 1. The second-order valence-corrected chi connectivity index (χ2v) is 3.83. The molecule has 0 bridgehead atoms. The lowest BCUT2D eigenvalue weighted by atomic mass is 10.1. The van der Waals surface area contributed by atoms with Crippen LogP contribution in [0.5, 0.6) is 0 Å². The van der Waals surface area contributed by atoms with Crippen LogP contribution in [-0.2, 0) is 0 Å². The fourth-order valence-corrected chi connectivity index (χ4v) is 0.657. The Labute approximate surface area is 77.4 Å². The first-order chi connectivity index (χ1) is 4.54. The molecule has 0 aliphatic carbocycles. The van der Waals surface area contributed by atoms with Gasteiger partial charge in [-0.2, -0.15) is 0 Å². The summed E-state index contributed by atoms with van der Waals surface area (Å²) in [7, 11) is 0. The number of nitrogens with one attached hydrogen (secondary N) is 1. The van der Waals surface area contributed by atoms with Gasteiger partial charge in [0.15, 0.2) is 0 Å². The smallest absolute Gasteiger partial charge is 0.00618 e. The van der Waals surface area contributed by atoms with E-state index in [1.54, 1.807) is 0 Å². The number of halogens is 1. The summed E-state index contributed by atoms with van der Waals surface area (Å²) in [5, 5.41) is 3.48. The molecule has 0 radical (unpaired) electrons. The van der Waals surface area contributed by atoms with Crippen molar-refractivity contribution in [2.75, 3.05) is 6.54 Å². The third-order valence-electron chi connectivity index (χ3n) is 1.85. The maximum atomic E-state index is 3.48. The highest BCUT2D eigenvalue weighted by Crippen LogP contribution is 2.00. The van der Waals surface area contributed by atoms with E-state index in [0.717, 1.165) is 18.4 Å². The van der Waals surface area contributed by atoms with Crippen molar-refractivity contribution in [3.8, 4) is 0 Å². The van der Waals surface area contributed by atoms with Crippen molar-refractivity contribution in [2.45, 2.75) is 40.7 Å². The van der Waals surface area contributed by atoms with Crippen LogP contribution in [0.15, 0.2) is 0 Å². The highest BCUT2D eigenvalue weighted by molar-refractivity contribution is 5.85. The Morgan fingerprint density at radius 1 is 1.00 bits per heavy atom. The summed E-state index contributed by atoms with van der Waals surface area (Å²) in [6.07, 6.45) is 0. The number of rotatable bonds is 4. The van der Waals surface area contributed by atoms with Crippen LogP contribution < -0.4 is 5.32 Å². The molecule has 1 N–H and O–H groups in total. The van der Waals surface area contributed by atoms with Gasteiger partial charge in [0.25, 0.3) is 0 Å². The highest BCUT2D eigenvalue weighted by atomic mass is 35.5. The van der Waals surface area contributed by atoms with Crippen LogP contribution in [0.1, 0.15) is 34.6 Å². The SMILES string of the molecule is CC(C)CN[C@H](C)C(C)C.Cl. The van der Waals surface area contributed by atoms with E-state index in [2.05, 4.69) is 39.9 Å². The molecule has 0 amide bonds. The Kier molecular flexibility index (Phi) is 8.70. The van der Waals surface area contributed by atoms with Crippen LogP contribution >= 0.6 is 12.4 Å². The van der Waals surface area contributed by atoms with Gasteiger partial charge in [0.05, 0.1) is 0 Å². The molecule has 70 valence electrons. The predicted molar refractivity (Wildman–Crippen MR) is 54.4 cm³/mol. The molecule has 0 rings (SSSR count). The van der Waals surface area contributed by atoms with Crippen LogP contribution in [-0.4, -0.2) is 12.6 Å². The summed E-state index contributed by atoms with van der Waals surface area (Å²) in [4.78, 5) is 0. The molecule has 0 aromatic rings. The average Bonchev–Trinajstić information content (AvgIpc) is 1.82. The van der Waals surface area contributed by atoms with E-state index >= 15 is 0 Å². The van der Waals surface area contributed by atoms with E-state index in [4.69, 9.17) is 0 Å². The van der Waals surface area contributed by atoms with Gasteiger partial charge in [0.2, 0.25) is 0 Å². The molecule has 0 fully saturated rings. The molecular formula is C9H22ClN. The fourth-order valence-electron chi connectivity index (χ4n) is 0.657. The van der Waals surface area contributed by atoms with Crippen LogP contribution in [0.3, 0.4) is 0 Å². The second-order valence-electron chi connectivity index (χ2n) is 3.83. The third kappa shape index (κ3) is 8.15. The van der Waals surface area contributed by atoms with E-state index in [-0.39, 0.29) is 12.4 Å². The molecule has 2 heteroatoms. The van der Waals surface area contributed by atoms with Gasteiger partial charge in [-0.15, -0.1) is 12.4 Å². The van der Waals surface area contributed by atoms with Crippen LogP contribution in [0, 0.1) is 11.8 Å². The summed E-state index contributed by atoms with van der Waals surface area (Å²) in [5.41, 5.74) is 0. The van der Waals surface area contributed by atoms with Crippen molar-refractivity contribution in [3.63, 3.8) is 0 Å². The Balaban J connectivity index is 0. The maximum Gasteiger partial charge on any atom is 0.00618 e. The first-order valence-electron chi connectivity index (χ1n) is 4.27. The lowest BCUT2D eigenvalue weighted by molar-refractivity contribution is 0.401. The van der Waals surface area contributed by atoms with Gasteiger partial charge in [-0.3, -0.25) is 0 Å². The van der Waals surface area contributed by atoms with E-state index in [1.165, 1.54) is 0 Å². The molecule has 11 heavy (non-hydrogen) atoms. The minimum Gasteiger partial charge on any atom is -0.314 e. The highest BCUT2D eigenvalue weighted by Gasteiger charge is 2.05. The molecule has 0 unspecified atom stereocenters. The van der Waals surface area contributed by atoms with Gasteiger partial charge >= 0.3 is 0 Å². The van der Waals surface area contributed by atoms with Crippen molar-refractivity contribution in [2.24, 2.45) is 11.8 Å². The van der Waals surface area contributed by atoms with E-state index in [1.807, 2.05) is 0 Å². The largest absolute Gasteiger partial charge is 0.314 e. The molecule has 0 heterocycles. The summed E-state index contributed by atoms with van der Waals surface area (Å²) in [6.45, 7) is 12.3. The molecule has 0 aliphatic heterocycles. The van der Waals surface area contributed by atoms with Crippen molar-refractivity contribution >= 4 is 12.4 Å². The van der Waals surface area contributed by atoms with Crippen molar-refractivity contribution < 1.29 is 0 Å². The van der Waals surface area contributed by atoms with Crippen molar-refractivity contribution in [1.29, 1.82) is 0 Å². The first-order valence-corrected chi connectivity index (χ1v) is 4.27. The zero-order valence-corrected chi connectivity index (χ0v) is 9.16. The molecule has 1 nitrogen and oxygen atoms in total. The zero-order valence-electron chi connectivity index (χ0n) is 8.35. The fraction of sp³-hybridized carbons (Fsp3) is 1.00. The maximum absolute atomic E-state index is 3.48. The molecule has 0 saturated heterocycles. The Bertz CT molecular complexity index is 81.6. The van der Waals surface area contributed by atoms with E-state index in [0.29, 0.717) is 6.04 Å². The third-order valence-corrected chi connectivity index (χ3v) is 1.85. The normalized spacial score (nSPS) is 13.4. The molecule has 0 aromatic heterocycles. The summed E-state index contributed by atoms with van der Waals surface area (Å²) >= 11 is 0. The van der Waals surface area contributed by atoms with Crippen molar-refractivity contribution in [1.82, 2.24) is 5.32 Å². The van der Waals surface area contributed by atoms with E-state index in [9.17, 15) is 0 Å². The minimum atomic E-state index is 0. The standard InChI is InChI=1S/C9H21N.ClH/c1-7(2)6-10-9(5)8(3)4;/h7-10H,6H2,1-5H3;1H/t9-;/m1./s1. The monoisotopic (exact) mass is 179 g/mol. The summed E-state index contributed by atoms with van der Waals surface area (Å²) in [5.74, 6) is 1.51. The molecule has 0 saturated carbocycles. The number of hydrogen-bond acceptors (Lipinski definition) is 1. The predicted octanol–water partition coefficient (Wildman–Crippen LogP) is 2.70. The van der Waals surface area contributed by atoms with Gasteiger partial charge in [-0.05, 0) is 25.3 Å². The van der Waals surface area contributed by atoms with Crippen molar-refractivity contribution in [3.05, 3.63) is 0 Å². The van der Waals surface area contributed by atoms with Gasteiger partial charge in [0.1, 0.15) is 0 Å². The van der Waals surface area contributed by atoms with Crippen LogP contribution in [0.25, 0.3) is 0 Å². The Hall–Kier alpha value is 0.250. The molecular weight excluding hydrogens is 158 g/mol. The van der Waals surface area contributed by atoms with Gasteiger partial charge in [-0.25, -0.2) is 0 Å². The second kappa shape index (κ2) is 6.93. The topological polar surface area (TPSA) is 12.0 Å². The lowest BCUT2D eigenvalue weighted by Gasteiger charge is -2.18. The minimum absolute atomic E-state index is 0. The van der Waals surface area contributed by atoms with E-state index < -0.39 is 0 Å². The van der Waals surface area contributed by atoms with Gasteiger partial charge < -0.3 is 5.32 Å². The zero-order chi connectivity index (χ0) is 8.15. The summed E-state index contributed by atoms with van der Waals surface area (Å²) < 4.78 is 0. The lowest BCUT2D eigenvalue weighted by Crippen LogP contribution is -2.33. The first kappa shape index (κ1) is 13.8. The Morgan fingerprint density at radius 3 is 1.73 bits per heavy atom. The quantitative estimate of drug-likeness (QED) is 0.700. The van der Waals surface area contributed by atoms with Crippen LogP contribution in [0.2, 0.25) is 0 Å². The molecule has 0 aliphatic rings. The Morgan fingerprint density at radius 2 is 1.45 bits per heavy atom. The van der Waals surface area contributed by atoms with Gasteiger partial charge in [-0.1, -0.05) is 27.7 Å². The molecule has 1 atom stereocenters. The molecule has 0 spiro atoms. The molecule has 0 aromatic carbocycles.